The quantitative estimate of drug-likeness (QED) is 0.850. The number of halogens is 2. The number of rotatable bonds is 5. The molecule has 2 aromatic carbocycles. The summed E-state index contributed by atoms with van der Waals surface area (Å²) in [5.41, 5.74) is 1.13. The van der Waals surface area contributed by atoms with Gasteiger partial charge in [0.2, 0.25) is 0 Å². The van der Waals surface area contributed by atoms with E-state index in [4.69, 9.17) is 27.9 Å². The largest absolute Gasteiger partial charge is 0.459 e. The number of carbonyl (C=O) groups excluding carboxylic acids is 2. The highest BCUT2D eigenvalue weighted by molar-refractivity contribution is 6.31. The minimum absolute atomic E-state index is 0.0648. The van der Waals surface area contributed by atoms with Gasteiger partial charge in [-0.15, -0.1) is 0 Å². The summed E-state index contributed by atoms with van der Waals surface area (Å²) in [7, 11) is 0. The van der Waals surface area contributed by atoms with Gasteiger partial charge in [-0.05, 0) is 30.3 Å². The van der Waals surface area contributed by atoms with Crippen LogP contribution in [0.5, 0.6) is 0 Å². The van der Waals surface area contributed by atoms with Crippen LogP contribution < -0.4 is 5.32 Å². The molecular formula is C16H13Cl2NO3. The van der Waals surface area contributed by atoms with E-state index in [9.17, 15) is 9.59 Å². The van der Waals surface area contributed by atoms with E-state index in [1.165, 1.54) is 0 Å². The van der Waals surface area contributed by atoms with Gasteiger partial charge >= 0.3 is 5.97 Å². The molecule has 6 heteroatoms. The van der Waals surface area contributed by atoms with E-state index < -0.39 is 5.97 Å². The van der Waals surface area contributed by atoms with Crippen molar-refractivity contribution in [2.24, 2.45) is 0 Å². The standard InChI is InChI=1S/C16H13Cl2NO3/c17-13-7-5-11(6-8-13)16(21)19-9-15(20)22-10-12-3-1-2-4-14(12)18/h1-8H,9-10H2,(H,19,21). The molecule has 2 aromatic rings. The fourth-order valence-electron chi connectivity index (χ4n) is 1.68. The van der Waals surface area contributed by atoms with Crippen LogP contribution in [0.3, 0.4) is 0 Å². The predicted molar refractivity (Wildman–Crippen MR) is 85.0 cm³/mol. The summed E-state index contributed by atoms with van der Waals surface area (Å²) in [5, 5.41) is 3.55. The smallest absolute Gasteiger partial charge is 0.325 e. The van der Waals surface area contributed by atoms with Crippen molar-refractivity contribution in [3.63, 3.8) is 0 Å². The Bertz CT molecular complexity index is 671. The molecule has 0 unspecified atom stereocenters. The lowest BCUT2D eigenvalue weighted by Crippen LogP contribution is -2.30. The third-order valence-corrected chi connectivity index (χ3v) is 3.47. The second-order valence-electron chi connectivity index (χ2n) is 4.44. The summed E-state index contributed by atoms with van der Waals surface area (Å²) in [4.78, 5) is 23.4. The minimum Gasteiger partial charge on any atom is -0.459 e. The van der Waals surface area contributed by atoms with Crippen LogP contribution in [0, 0.1) is 0 Å². The second-order valence-corrected chi connectivity index (χ2v) is 5.29. The summed E-state index contributed by atoms with van der Waals surface area (Å²) < 4.78 is 5.06. The Morgan fingerprint density at radius 2 is 1.68 bits per heavy atom. The molecule has 114 valence electrons. The zero-order valence-electron chi connectivity index (χ0n) is 11.5. The van der Waals surface area contributed by atoms with Gasteiger partial charge in [-0.1, -0.05) is 41.4 Å². The molecule has 4 nitrogen and oxygen atoms in total. The number of hydrogen-bond donors (Lipinski definition) is 1. The van der Waals surface area contributed by atoms with E-state index in [1.54, 1.807) is 48.5 Å². The van der Waals surface area contributed by atoms with E-state index >= 15 is 0 Å². The second kappa shape index (κ2) is 7.82. The Balaban J connectivity index is 1.79. The number of benzene rings is 2. The molecule has 0 fully saturated rings. The van der Waals surface area contributed by atoms with Crippen molar-refractivity contribution in [1.82, 2.24) is 5.32 Å². The number of hydrogen-bond acceptors (Lipinski definition) is 3. The van der Waals surface area contributed by atoms with Gasteiger partial charge in [-0.25, -0.2) is 0 Å². The first-order valence-corrected chi connectivity index (χ1v) is 7.24. The molecule has 2 rings (SSSR count). The van der Waals surface area contributed by atoms with E-state index in [1.807, 2.05) is 0 Å². The number of esters is 1. The van der Waals surface area contributed by atoms with Gasteiger partial charge in [-0.3, -0.25) is 9.59 Å². The maximum absolute atomic E-state index is 11.8. The SMILES string of the molecule is O=C(CNC(=O)c1ccc(Cl)cc1)OCc1ccccc1Cl. The van der Waals surface area contributed by atoms with Crippen molar-refractivity contribution in [1.29, 1.82) is 0 Å². The molecule has 1 amide bonds. The Hall–Kier alpha value is -2.04. The molecule has 0 atom stereocenters. The van der Waals surface area contributed by atoms with Gasteiger partial charge < -0.3 is 10.1 Å². The van der Waals surface area contributed by atoms with Crippen LogP contribution in [-0.4, -0.2) is 18.4 Å². The van der Waals surface area contributed by atoms with Crippen LogP contribution in [0.2, 0.25) is 10.0 Å². The average molecular weight is 338 g/mol. The van der Waals surface area contributed by atoms with E-state index in [-0.39, 0.29) is 19.1 Å². The van der Waals surface area contributed by atoms with E-state index in [0.717, 1.165) is 0 Å². The summed E-state index contributed by atoms with van der Waals surface area (Å²) >= 11 is 11.7. The number of nitrogens with one attached hydrogen (secondary N) is 1. The van der Waals surface area contributed by atoms with Crippen LogP contribution in [-0.2, 0) is 16.1 Å². The van der Waals surface area contributed by atoms with Crippen LogP contribution in [0.4, 0.5) is 0 Å². The molecule has 0 saturated carbocycles. The maximum atomic E-state index is 11.8. The molecule has 0 saturated heterocycles. The summed E-state index contributed by atoms with van der Waals surface area (Å²) in [5.74, 6) is -0.909. The van der Waals surface area contributed by atoms with Crippen molar-refractivity contribution in [2.75, 3.05) is 6.54 Å². The van der Waals surface area contributed by atoms with Crippen molar-refractivity contribution in [3.8, 4) is 0 Å². The van der Waals surface area contributed by atoms with Crippen molar-refractivity contribution in [2.45, 2.75) is 6.61 Å². The fourth-order valence-corrected chi connectivity index (χ4v) is 2.00. The lowest BCUT2D eigenvalue weighted by atomic mass is 10.2. The number of ether oxygens (including phenoxy) is 1. The van der Waals surface area contributed by atoms with Gasteiger partial charge in [-0.2, -0.15) is 0 Å². The molecule has 0 aliphatic heterocycles. The van der Waals surface area contributed by atoms with Crippen LogP contribution in [0.15, 0.2) is 48.5 Å². The Labute approximate surface area is 138 Å². The Kier molecular flexibility index (Phi) is 5.81. The molecule has 0 spiro atoms. The number of amides is 1. The first-order chi connectivity index (χ1) is 10.6. The molecule has 0 radical (unpaired) electrons. The summed E-state index contributed by atoms with van der Waals surface area (Å²) in [6, 6.07) is 13.4. The van der Waals surface area contributed by atoms with Crippen molar-refractivity contribution in [3.05, 3.63) is 69.7 Å². The normalized spacial score (nSPS) is 10.1. The zero-order chi connectivity index (χ0) is 15.9. The van der Waals surface area contributed by atoms with Crippen molar-refractivity contribution < 1.29 is 14.3 Å². The van der Waals surface area contributed by atoms with Gasteiger partial charge in [0.05, 0.1) is 0 Å². The lowest BCUT2D eigenvalue weighted by Gasteiger charge is -2.07. The third kappa shape index (κ3) is 4.76. The molecule has 0 bridgehead atoms. The van der Waals surface area contributed by atoms with Crippen molar-refractivity contribution >= 4 is 35.1 Å². The van der Waals surface area contributed by atoms with Gasteiger partial charge in [0.25, 0.3) is 5.91 Å². The molecule has 0 aliphatic carbocycles. The summed E-state index contributed by atoms with van der Waals surface area (Å²) in [6.07, 6.45) is 0. The monoisotopic (exact) mass is 337 g/mol. The fraction of sp³-hybridized carbons (Fsp3) is 0.125. The van der Waals surface area contributed by atoms with Gasteiger partial charge in [0.1, 0.15) is 13.2 Å². The number of carbonyl (C=O) groups is 2. The van der Waals surface area contributed by atoms with Crippen LogP contribution in [0.1, 0.15) is 15.9 Å². The highest BCUT2D eigenvalue weighted by Crippen LogP contribution is 2.15. The molecule has 1 N–H and O–H groups in total. The lowest BCUT2D eigenvalue weighted by molar-refractivity contribution is -0.143. The van der Waals surface area contributed by atoms with E-state index in [2.05, 4.69) is 5.32 Å². The summed E-state index contributed by atoms with van der Waals surface area (Å²) in [6.45, 7) is -0.152. The first kappa shape index (κ1) is 16.3. The van der Waals surface area contributed by atoms with Gasteiger partial charge in [0, 0.05) is 21.2 Å². The van der Waals surface area contributed by atoms with Gasteiger partial charge in [0.15, 0.2) is 0 Å². The van der Waals surface area contributed by atoms with Crippen LogP contribution in [0.25, 0.3) is 0 Å². The van der Waals surface area contributed by atoms with Crippen LogP contribution >= 0.6 is 23.2 Å². The van der Waals surface area contributed by atoms with E-state index in [0.29, 0.717) is 21.2 Å². The predicted octanol–water partition coefficient (Wildman–Crippen LogP) is 3.47. The highest BCUT2D eigenvalue weighted by Gasteiger charge is 2.09. The maximum Gasteiger partial charge on any atom is 0.325 e. The third-order valence-electron chi connectivity index (χ3n) is 2.85. The Morgan fingerprint density at radius 3 is 2.36 bits per heavy atom. The molecule has 0 aliphatic rings. The molecular weight excluding hydrogens is 325 g/mol. The average Bonchev–Trinajstić information content (AvgIpc) is 2.52. The zero-order valence-corrected chi connectivity index (χ0v) is 13.0. The highest BCUT2D eigenvalue weighted by atomic mass is 35.5. The Morgan fingerprint density at radius 1 is 1.00 bits per heavy atom. The first-order valence-electron chi connectivity index (χ1n) is 6.49. The molecule has 0 heterocycles. The molecule has 0 aromatic heterocycles. The molecule has 22 heavy (non-hydrogen) atoms. The minimum atomic E-state index is -0.540. The topological polar surface area (TPSA) is 55.4 Å².